The zero-order valence-electron chi connectivity index (χ0n) is 53.2. The van der Waals surface area contributed by atoms with Crippen molar-refractivity contribution in [3.63, 3.8) is 0 Å². The fourth-order valence-electron chi connectivity index (χ4n) is 0. The van der Waals surface area contributed by atoms with Crippen LogP contribution in [0.15, 0.2) is 0 Å². The van der Waals surface area contributed by atoms with Crippen LogP contribution < -0.4 is 0 Å². The number of hydrogen-bond donors (Lipinski definition) is 24. The molecule has 0 aliphatic heterocycles. The van der Waals surface area contributed by atoms with Gasteiger partial charge in [0.25, 0.3) is 122 Å². The Bertz CT molecular complexity index is 1690. The molecule has 0 spiro atoms. The molecule has 0 aromatic carbocycles. The molecular weight excluding hydrogens is 2060 g/mol. The van der Waals surface area contributed by atoms with Crippen molar-refractivity contribution in [3.8, 4) is 0 Å². The maximum atomic E-state index is 8.36. The summed E-state index contributed by atoms with van der Waals surface area (Å²) in [6.45, 7) is 0. The maximum absolute atomic E-state index is 8.36. The van der Waals surface area contributed by atoms with Crippen LogP contribution >= 0.6 is 0 Å². The van der Waals surface area contributed by atoms with Gasteiger partial charge in [-0.3, -0.25) is 0 Å². The Hall–Kier alpha value is -22.1. The molecule has 720 valence electrons. The number of rotatable bonds is 0. The molecule has 120 nitrogen and oxygen atoms in total. The molecule has 0 atom stereocenters. The van der Waals surface area contributed by atoms with E-state index in [1.54, 1.807) is 0 Å². The average molecular weight is 2080 g/mol. The number of nitrogens with zero attached hydrogens (tertiary/aromatic N) is 30. The summed E-state index contributed by atoms with van der Waals surface area (Å²) in [5.41, 5.74) is 0. The number of hydrogen-bond acceptors (Lipinski definition) is 66. The van der Waals surface area contributed by atoms with Gasteiger partial charge in [-0.25, -0.2) is 0 Å². The SMILES string of the molecule is O=[N+]([O-])O.O=[N+]([O-])O.O=[N+]([O-])O.O=[N+]([O-])O.O=[N+]([O-])O.O=[N+]([O-])O.O=[N+]([O-])O.O=[N+]([O-])O.O=[N+]([O-])O.O=[N+]([O-])O.O=[N+]([O-])O.O=[N+]([O-])O.O=[N+]([O-])O.O=[N+]([O-])O.O=[N+]([O-])O.O=[N+]([O-])O.O=[N+]([O-])O.O=[N+]([O-])O.O=[N+]([O-])O.O=[N+]([O-])O.O=[N+]([O-])O.O=[N+]([O-])O.O=[N+]([O-])O.O=[N+]([O-])O.O=[N+]([O-])[O-].O=[N+]([O-])[O-].O=[N+]([O-])[O-].O=[N+]([O-])[O-].O=[N+]([O-])[O-].O=[N+]([O-])[O-].[Zn+2].[Zn+2].[Zn+2]. The molecule has 0 fully saturated rings. The van der Waals surface area contributed by atoms with Crippen molar-refractivity contribution in [2.75, 3.05) is 0 Å². The first-order chi connectivity index (χ1) is 52.0. The summed E-state index contributed by atoms with van der Waals surface area (Å²) < 4.78 is 0. The van der Waals surface area contributed by atoms with Crippen LogP contribution in [0.1, 0.15) is 0 Å². The monoisotopic (exact) mass is 2080 g/mol. The third kappa shape index (κ3) is 1950. The van der Waals surface area contributed by atoms with Crippen LogP contribution in [0.3, 0.4) is 0 Å². The second-order valence-electron chi connectivity index (χ2n) is 7.05. The van der Waals surface area contributed by atoms with Gasteiger partial charge in [0.15, 0.2) is 0 Å². The van der Waals surface area contributed by atoms with Gasteiger partial charge >= 0.3 is 58.4 Å². The predicted molar refractivity (Wildman–Crippen MR) is 273 cm³/mol. The zero-order chi connectivity index (χ0) is 107. The minimum absolute atomic E-state index is 0. The fraction of sp³-hybridized carbons (Fsp3) is 0. The summed E-state index contributed by atoms with van der Waals surface area (Å²) in [6.07, 6.45) is 0. The molecule has 0 heterocycles. The molecule has 0 aliphatic carbocycles. The predicted octanol–water partition coefficient (Wildman–Crippen LogP) is -9.79. The van der Waals surface area contributed by atoms with E-state index < -0.39 is 153 Å². The van der Waals surface area contributed by atoms with E-state index in [0.29, 0.717) is 0 Å². The minimum atomic E-state index is -1.75. The third-order valence-corrected chi connectivity index (χ3v) is 0. The van der Waals surface area contributed by atoms with Gasteiger partial charge in [-0.05, 0) is 0 Å². The van der Waals surface area contributed by atoms with Gasteiger partial charge in [0.05, 0.1) is 30.5 Å². The first-order valence-corrected chi connectivity index (χ1v) is 16.8. The summed E-state index contributed by atoms with van der Waals surface area (Å²) >= 11 is 0. The molecule has 0 bridgehead atoms. The molecule has 123 heavy (non-hydrogen) atoms. The summed E-state index contributed by atoms with van der Waals surface area (Å²) in [6, 6.07) is 0. The summed E-state index contributed by atoms with van der Waals surface area (Å²) in [7, 11) is 0. The average Bonchev–Trinajstić information content (AvgIpc) is 3.29. The smallest absolute Gasteiger partial charge is 0.356 e. The van der Waals surface area contributed by atoms with E-state index in [4.69, 9.17) is 460 Å². The van der Waals surface area contributed by atoms with Crippen molar-refractivity contribution >= 4 is 0 Å². The van der Waals surface area contributed by atoms with Crippen molar-refractivity contribution in [1.82, 2.24) is 0 Å². The molecule has 0 rings (SSSR count). The van der Waals surface area contributed by atoms with Crippen molar-refractivity contribution in [2.24, 2.45) is 0 Å². The first kappa shape index (κ1) is 218. The molecule has 24 N–H and O–H groups in total. The molecule has 123 heteroatoms. The van der Waals surface area contributed by atoms with E-state index >= 15 is 0 Å². The van der Waals surface area contributed by atoms with E-state index in [-0.39, 0.29) is 58.4 Å². The van der Waals surface area contributed by atoms with Crippen LogP contribution in [0.5, 0.6) is 0 Å². The van der Waals surface area contributed by atoms with Gasteiger partial charge in [-0.2, -0.15) is 0 Å². The van der Waals surface area contributed by atoms with Gasteiger partial charge in [-0.1, -0.05) is 0 Å². The molecule has 0 radical (unpaired) electrons. The second kappa shape index (κ2) is 212. The van der Waals surface area contributed by atoms with Gasteiger partial charge in [-0.15, -0.1) is 243 Å². The van der Waals surface area contributed by atoms with Crippen molar-refractivity contribution in [2.45, 2.75) is 0 Å². The van der Waals surface area contributed by atoms with E-state index in [1.165, 1.54) is 0 Å². The molecule has 0 saturated carbocycles. The molecule has 0 aliphatic rings. The van der Waals surface area contributed by atoms with E-state index in [0.717, 1.165) is 0 Å². The normalized spacial score (nSPS) is 5.85. The van der Waals surface area contributed by atoms with Crippen molar-refractivity contribution < 1.29 is 336 Å². The topological polar surface area (TPSA) is 1920 Å². The minimum Gasteiger partial charge on any atom is -0.356 e. The molecule has 0 unspecified atom stereocenters. The van der Waals surface area contributed by atoms with Crippen molar-refractivity contribution in [3.05, 3.63) is 335 Å². The largest absolute Gasteiger partial charge is 2.00 e. The van der Waals surface area contributed by atoms with Crippen LogP contribution in [0, 0.1) is 335 Å². The summed E-state index contributed by atoms with van der Waals surface area (Å²) in [5.74, 6) is 0. The van der Waals surface area contributed by atoms with E-state index in [2.05, 4.69) is 0 Å². The molecule has 0 aromatic heterocycles. The van der Waals surface area contributed by atoms with Gasteiger partial charge in [0.1, 0.15) is 0 Å². The Kier molecular flexibility index (Phi) is 376. The molecule has 0 amide bonds. The Morgan fingerprint density at radius 2 is 0.0813 bits per heavy atom. The van der Waals surface area contributed by atoms with Crippen LogP contribution in [-0.4, -0.2) is 278 Å². The summed E-state index contributed by atoms with van der Waals surface area (Å²) in [5, 5.41) is 416. The first-order valence-electron chi connectivity index (χ1n) is 16.8. The van der Waals surface area contributed by atoms with E-state index in [9.17, 15) is 0 Å². The second-order valence-corrected chi connectivity index (χ2v) is 7.05. The third-order valence-electron chi connectivity index (χ3n) is 0. The van der Waals surface area contributed by atoms with Crippen molar-refractivity contribution in [1.29, 1.82) is 0 Å². The van der Waals surface area contributed by atoms with Gasteiger partial charge in [0.2, 0.25) is 0 Å². The molecular formula is H24N30O90Zn3. The Morgan fingerprint density at radius 3 is 0.0813 bits per heavy atom. The van der Waals surface area contributed by atoms with Crippen LogP contribution in [0.2, 0.25) is 0 Å². The molecule has 0 aromatic rings. The quantitative estimate of drug-likeness (QED) is 0.0608. The summed E-state index contributed by atoms with van der Waals surface area (Å²) in [4.78, 5) is 250. The van der Waals surface area contributed by atoms with Crippen LogP contribution in [0.25, 0.3) is 0 Å². The molecule has 0 saturated heterocycles. The van der Waals surface area contributed by atoms with Gasteiger partial charge in [0, 0.05) is 0 Å². The van der Waals surface area contributed by atoms with Gasteiger partial charge < -0.3 is 217 Å². The Labute approximate surface area is 670 Å². The fourth-order valence-corrected chi connectivity index (χ4v) is 0. The standard InChI is InChI=1S/24HNO3.6NO3.3Zn/c30*2-1(3)4;;;/h24*(H,2,3,4);;;;;;;;;/q;;;;;;;;;;;;;;;;;;;;;;;;6*-1;3*+2. The maximum Gasteiger partial charge on any atom is 2.00 e. The Morgan fingerprint density at radius 1 is 0.0813 bits per heavy atom. The Balaban J connectivity index is -0.0000000220. The zero-order valence-corrected chi connectivity index (χ0v) is 62.1. The van der Waals surface area contributed by atoms with Crippen LogP contribution in [-0.2, 0) is 58.4 Å². The van der Waals surface area contributed by atoms with E-state index in [1.807, 2.05) is 0 Å². The van der Waals surface area contributed by atoms with Crippen LogP contribution in [0.4, 0.5) is 0 Å².